The molecule has 2 aromatic carbocycles. The number of methoxy groups -OCH3 is 2. The first kappa shape index (κ1) is 17.9. The van der Waals surface area contributed by atoms with Gasteiger partial charge in [-0.25, -0.2) is 0 Å². The van der Waals surface area contributed by atoms with Crippen LogP contribution >= 0.6 is 11.6 Å². The maximum Gasteiger partial charge on any atom is 0.224 e. The Hall–Kier alpha value is -2.40. The summed E-state index contributed by atoms with van der Waals surface area (Å²) in [4.78, 5) is 12.0. The molecule has 0 fully saturated rings. The number of ether oxygens (including phenoxy) is 3. The van der Waals surface area contributed by atoms with Gasteiger partial charge in [0.2, 0.25) is 5.91 Å². The molecule has 0 aromatic heterocycles. The third kappa shape index (κ3) is 5.35. The monoisotopic (exact) mass is 349 g/mol. The molecular formula is C18H20ClNO4. The Kier molecular flexibility index (Phi) is 6.75. The van der Waals surface area contributed by atoms with E-state index >= 15 is 0 Å². The molecule has 2 rings (SSSR count). The summed E-state index contributed by atoms with van der Waals surface area (Å²) in [5.74, 6) is 1.97. The Morgan fingerprint density at radius 3 is 2.42 bits per heavy atom. The molecule has 128 valence electrons. The minimum absolute atomic E-state index is 0.117. The van der Waals surface area contributed by atoms with Crippen LogP contribution in [-0.2, 0) is 4.79 Å². The average Bonchev–Trinajstić information content (AvgIpc) is 2.59. The summed E-state index contributed by atoms with van der Waals surface area (Å²) in [6.07, 6.45) is 0.937. The van der Waals surface area contributed by atoms with Crippen LogP contribution in [-0.4, -0.2) is 26.7 Å². The second-order valence-electron chi connectivity index (χ2n) is 5.02. The van der Waals surface area contributed by atoms with E-state index in [4.69, 9.17) is 25.8 Å². The standard InChI is InChI=1S/C18H20ClNO4/c1-22-14-6-8-15(9-7-14)24-11-3-4-18(21)20-16-12-13(19)5-10-17(16)23-2/h5-10,12H,3-4,11H2,1-2H3,(H,20,21). The van der Waals surface area contributed by atoms with E-state index in [1.807, 2.05) is 24.3 Å². The Balaban J connectivity index is 1.76. The van der Waals surface area contributed by atoms with Gasteiger partial charge in [0.25, 0.3) is 0 Å². The SMILES string of the molecule is COc1ccc(OCCCC(=O)Nc2cc(Cl)ccc2OC)cc1. The van der Waals surface area contributed by atoms with E-state index in [-0.39, 0.29) is 5.91 Å². The van der Waals surface area contributed by atoms with Crippen molar-refractivity contribution in [2.75, 3.05) is 26.1 Å². The van der Waals surface area contributed by atoms with Crippen LogP contribution in [0.15, 0.2) is 42.5 Å². The second-order valence-corrected chi connectivity index (χ2v) is 5.46. The first-order chi connectivity index (χ1) is 11.6. The van der Waals surface area contributed by atoms with Crippen LogP contribution in [0.25, 0.3) is 0 Å². The van der Waals surface area contributed by atoms with E-state index in [0.717, 1.165) is 11.5 Å². The fourth-order valence-corrected chi connectivity index (χ4v) is 2.26. The summed E-state index contributed by atoms with van der Waals surface area (Å²) in [7, 11) is 3.16. The third-order valence-electron chi connectivity index (χ3n) is 3.31. The highest BCUT2D eigenvalue weighted by atomic mass is 35.5. The van der Waals surface area contributed by atoms with E-state index in [9.17, 15) is 4.79 Å². The van der Waals surface area contributed by atoms with Crippen molar-refractivity contribution in [2.45, 2.75) is 12.8 Å². The lowest BCUT2D eigenvalue weighted by molar-refractivity contribution is -0.116. The lowest BCUT2D eigenvalue weighted by Gasteiger charge is -2.11. The zero-order valence-electron chi connectivity index (χ0n) is 13.7. The number of halogens is 1. The van der Waals surface area contributed by atoms with Gasteiger partial charge < -0.3 is 19.5 Å². The minimum atomic E-state index is -0.117. The number of carbonyl (C=O) groups excluding carboxylic acids is 1. The Morgan fingerprint density at radius 2 is 1.75 bits per heavy atom. The molecule has 0 atom stereocenters. The van der Waals surface area contributed by atoms with Crippen LogP contribution in [0.1, 0.15) is 12.8 Å². The van der Waals surface area contributed by atoms with Crippen molar-refractivity contribution in [2.24, 2.45) is 0 Å². The molecule has 5 nitrogen and oxygen atoms in total. The summed E-state index contributed by atoms with van der Waals surface area (Å²) in [5.41, 5.74) is 0.561. The molecule has 2 aromatic rings. The normalized spacial score (nSPS) is 10.1. The lowest BCUT2D eigenvalue weighted by Crippen LogP contribution is -2.13. The van der Waals surface area contributed by atoms with E-state index in [1.165, 1.54) is 0 Å². The van der Waals surface area contributed by atoms with Crippen molar-refractivity contribution in [3.05, 3.63) is 47.5 Å². The molecule has 0 unspecified atom stereocenters. The number of hydrogen-bond acceptors (Lipinski definition) is 4. The number of carbonyl (C=O) groups is 1. The predicted molar refractivity (Wildman–Crippen MR) is 94.4 cm³/mol. The van der Waals surface area contributed by atoms with E-state index in [1.54, 1.807) is 32.4 Å². The molecule has 0 saturated heterocycles. The maximum absolute atomic E-state index is 12.0. The summed E-state index contributed by atoms with van der Waals surface area (Å²) >= 11 is 5.94. The van der Waals surface area contributed by atoms with Crippen molar-refractivity contribution < 1.29 is 19.0 Å². The molecule has 1 amide bonds. The van der Waals surface area contributed by atoms with Gasteiger partial charge in [0.1, 0.15) is 17.2 Å². The van der Waals surface area contributed by atoms with Crippen molar-refractivity contribution in [3.8, 4) is 17.2 Å². The number of amides is 1. The summed E-state index contributed by atoms with van der Waals surface area (Å²) in [5, 5.41) is 3.33. The van der Waals surface area contributed by atoms with Gasteiger partial charge in [0, 0.05) is 11.4 Å². The molecule has 0 radical (unpaired) electrons. The van der Waals surface area contributed by atoms with Gasteiger partial charge in [0.05, 0.1) is 26.5 Å². The molecule has 0 aliphatic heterocycles. The summed E-state index contributed by atoms with van der Waals surface area (Å²) in [6.45, 7) is 0.451. The van der Waals surface area contributed by atoms with Gasteiger partial charge in [-0.15, -0.1) is 0 Å². The third-order valence-corrected chi connectivity index (χ3v) is 3.55. The quantitative estimate of drug-likeness (QED) is 0.727. The molecule has 0 saturated carbocycles. The zero-order valence-corrected chi connectivity index (χ0v) is 14.4. The average molecular weight is 350 g/mol. The van der Waals surface area contributed by atoms with Crippen LogP contribution in [0, 0.1) is 0 Å². The van der Waals surface area contributed by atoms with Crippen LogP contribution in [0.4, 0.5) is 5.69 Å². The van der Waals surface area contributed by atoms with Crippen LogP contribution in [0.5, 0.6) is 17.2 Å². The molecular weight excluding hydrogens is 330 g/mol. The Labute approximate surface area is 146 Å². The maximum atomic E-state index is 12.0. The summed E-state index contributed by atoms with van der Waals surface area (Å²) in [6, 6.07) is 12.4. The first-order valence-corrected chi connectivity index (χ1v) is 7.90. The highest BCUT2D eigenvalue weighted by Crippen LogP contribution is 2.27. The fraction of sp³-hybridized carbons (Fsp3) is 0.278. The Morgan fingerprint density at radius 1 is 1.04 bits per heavy atom. The Bertz CT molecular complexity index is 673. The molecule has 1 N–H and O–H groups in total. The molecule has 0 bridgehead atoms. The number of nitrogens with one attached hydrogen (secondary N) is 1. The van der Waals surface area contributed by atoms with Gasteiger partial charge in [-0.2, -0.15) is 0 Å². The van der Waals surface area contributed by atoms with Crippen LogP contribution in [0.3, 0.4) is 0 Å². The zero-order chi connectivity index (χ0) is 17.4. The largest absolute Gasteiger partial charge is 0.497 e. The van der Waals surface area contributed by atoms with Gasteiger partial charge in [0.15, 0.2) is 0 Å². The van der Waals surface area contributed by atoms with E-state index in [0.29, 0.717) is 35.9 Å². The molecule has 0 spiro atoms. The first-order valence-electron chi connectivity index (χ1n) is 7.52. The van der Waals surface area contributed by atoms with Crippen molar-refractivity contribution in [3.63, 3.8) is 0 Å². The molecule has 0 aliphatic rings. The van der Waals surface area contributed by atoms with Crippen molar-refractivity contribution in [1.29, 1.82) is 0 Å². The number of hydrogen-bond donors (Lipinski definition) is 1. The van der Waals surface area contributed by atoms with Gasteiger partial charge >= 0.3 is 0 Å². The molecule has 0 heterocycles. The van der Waals surface area contributed by atoms with Crippen molar-refractivity contribution >= 4 is 23.2 Å². The van der Waals surface area contributed by atoms with Crippen LogP contribution < -0.4 is 19.5 Å². The van der Waals surface area contributed by atoms with E-state index < -0.39 is 0 Å². The number of anilines is 1. The molecule has 0 aliphatic carbocycles. The topological polar surface area (TPSA) is 56.8 Å². The highest BCUT2D eigenvalue weighted by molar-refractivity contribution is 6.31. The molecule has 6 heteroatoms. The number of benzene rings is 2. The lowest BCUT2D eigenvalue weighted by atomic mass is 10.2. The second kappa shape index (κ2) is 9.03. The molecule has 24 heavy (non-hydrogen) atoms. The van der Waals surface area contributed by atoms with Crippen LogP contribution in [0.2, 0.25) is 5.02 Å². The van der Waals surface area contributed by atoms with Gasteiger partial charge in [-0.3, -0.25) is 4.79 Å². The van der Waals surface area contributed by atoms with Gasteiger partial charge in [-0.05, 0) is 48.9 Å². The van der Waals surface area contributed by atoms with Crippen molar-refractivity contribution in [1.82, 2.24) is 0 Å². The highest BCUT2D eigenvalue weighted by Gasteiger charge is 2.08. The summed E-state index contributed by atoms with van der Waals surface area (Å²) < 4.78 is 15.9. The number of rotatable bonds is 8. The smallest absolute Gasteiger partial charge is 0.224 e. The van der Waals surface area contributed by atoms with Gasteiger partial charge in [-0.1, -0.05) is 11.6 Å². The van der Waals surface area contributed by atoms with E-state index in [2.05, 4.69) is 5.32 Å². The predicted octanol–water partition coefficient (Wildman–Crippen LogP) is 4.15. The fourth-order valence-electron chi connectivity index (χ4n) is 2.09. The minimum Gasteiger partial charge on any atom is -0.497 e.